The van der Waals surface area contributed by atoms with Crippen molar-refractivity contribution in [3.05, 3.63) is 47.6 Å². The van der Waals surface area contributed by atoms with Crippen LogP contribution in [0.4, 0.5) is 0 Å². The molecular weight excluding hydrogens is 835 g/mol. The number of ether oxygens (including phenoxy) is 5. The van der Waals surface area contributed by atoms with Gasteiger partial charge >= 0.3 is 5.97 Å². The summed E-state index contributed by atoms with van der Waals surface area (Å²) in [6, 6.07) is -1.11. The topological polar surface area (TPSA) is 199 Å². The van der Waals surface area contributed by atoms with E-state index in [-0.39, 0.29) is 49.0 Å². The summed E-state index contributed by atoms with van der Waals surface area (Å²) in [4.78, 5) is 57.8. The van der Waals surface area contributed by atoms with Gasteiger partial charge in [-0.3, -0.25) is 14.4 Å². The van der Waals surface area contributed by atoms with E-state index < -0.39 is 90.0 Å². The second-order valence-corrected chi connectivity index (χ2v) is 19.8. The molecule has 1 unspecified atom stereocenters. The number of methoxy groups -OCH3 is 3. The molecule has 2 saturated heterocycles. The highest BCUT2D eigenvalue weighted by molar-refractivity contribution is 6.39. The molecule has 0 radical (unpaired) electrons. The van der Waals surface area contributed by atoms with E-state index in [9.17, 15) is 39.6 Å². The first-order valence-electron chi connectivity index (χ1n) is 24.1. The van der Waals surface area contributed by atoms with Gasteiger partial charge in [-0.15, -0.1) is 0 Å². The summed E-state index contributed by atoms with van der Waals surface area (Å²) in [5, 5.41) is 45.7. The number of carbonyl (C=O) groups excluding carboxylic acids is 4. The van der Waals surface area contributed by atoms with Crippen LogP contribution in [0, 0.1) is 35.5 Å². The van der Waals surface area contributed by atoms with Crippen molar-refractivity contribution in [1.29, 1.82) is 0 Å². The fourth-order valence-corrected chi connectivity index (χ4v) is 10.3. The first-order valence-corrected chi connectivity index (χ1v) is 24.1. The lowest BCUT2D eigenvalue weighted by molar-refractivity contribution is -0.265. The molecule has 1 aliphatic carbocycles. The fraction of sp³-hybridized carbons (Fsp3) is 0.765. The maximum atomic E-state index is 14.4. The van der Waals surface area contributed by atoms with Gasteiger partial charge in [0.25, 0.3) is 11.7 Å². The zero-order valence-electron chi connectivity index (χ0n) is 40.7. The average molecular weight is 916 g/mol. The highest BCUT2D eigenvalue weighted by Crippen LogP contribution is 2.38. The van der Waals surface area contributed by atoms with Crippen molar-refractivity contribution in [1.82, 2.24) is 4.90 Å². The Balaban J connectivity index is 1.70. The van der Waals surface area contributed by atoms with Crippen molar-refractivity contribution >= 4 is 23.4 Å². The molecule has 4 N–H and O–H groups in total. The van der Waals surface area contributed by atoms with Crippen LogP contribution in [0.3, 0.4) is 0 Å². The van der Waals surface area contributed by atoms with Gasteiger partial charge in [-0.1, -0.05) is 71.1 Å². The Morgan fingerprint density at radius 1 is 0.815 bits per heavy atom. The van der Waals surface area contributed by atoms with E-state index in [0.29, 0.717) is 63.4 Å². The lowest BCUT2D eigenvalue weighted by Gasteiger charge is -2.43. The van der Waals surface area contributed by atoms with Gasteiger partial charge in [0.1, 0.15) is 24.4 Å². The molecule has 3 fully saturated rings. The number of hydrogen-bond acceptors (Lipinski definition) is 13. The number of aliphatic hydroxyl groups excluding tert-OH is 3. The van der Waals surface area contributed by atoms with Crippen LogP contribution in [0.15, 0.2) is 47.6 Å². The van der Waals surface area contributed by atoms with Gasteiger partial charge in [0.15, 0.2) is 5.78 Å². The van der Waals surface area contributed by atoms with Crippen LogP contribution < -0.4 is 0 Å². The van der Waals surface area contributed by atoms with Gasteiger partial charge in [-0.25, -0.2) is 4.79 Å². The van der Waals surface area contributed by atoms with E-state index in [1.807, 2.05) is 58.1 Å². The van der Waals surface area contributed by atoms with Gasteiger partial charge in [-0.05, 0) is 107 Å². The van der Waals surface area contributed by atoms with Crippen LogP contribution in [0.5, 0.6) is 0 Å². The number of Topliss-reactive ketones (excluding diaryl/α,β-unsaturated/α-hetero) is 2. The maximum Gasteiger partial charge on any atom is 0.329 e. The molecule has 16 atom stereocenters. The lowest BCUT2D eigenvalue weighted by atomic mass is 9.78. The number of cyclic esters (lactones) is 1. The second kappa shape index (κ2) is 25.3. The monoisotopic (exact) mass is 916 g/mol. The molecule has 0 aromatic rings. The number of fused-ring (bicyclic) bond motifs is 3. The average Bonchev–Trinajstić information content (AvgIpc) is 3.28. The summed E-state index contributed by atoms with van der Waals surface area (Å²) in [6.07, 6.45) is 10.9. The molecule has 4 aliphatic rings. The number of rotatable bonds is 6. The van der Waals surface area contributed by atoms with Crippen molar-refractivity contribution < 1.29 is 63.3 Å². The summed E-state index contributed by atoms with van der Waals surface area (Å²) in [7, 11) is 4.55. The van der Waals surface area contributed by atoms with E-state index in [1.165, 1.54) is 12.0 Å². The Hall–Kier alpha value is -3.08. The van der Waals surface area contributed by atoms with Crippen molar-refractivity contribution in [3.8, 4) is 0 Å². The predicted molar refractivity (Wildman–Crippen MR) is 246 cm³/mol. The summed E-state index contributed by atoms with van der Waals surface area (Å²) in [5.41, 5.74) is 1.33. The molecule has 65 heavy (non-hydrogen) atoms. The van der Waals surface area contributed by atoms with Crippen LogP contribution in [-0.4, -0.2) is 137 Å². The van der Waals surface area contributed by atoms with Gasteiger partial charge in [-0.2, -0.15) is 0 Å². The number of amides is 1. The molecule has 3 heterocycles. The second-order valence-electron chi connectivity index (χ2n) is 19.8. The van der Waals surface area contributed by atoms with Gasteiger partial charge in [0.2, 0.25) is 5.79 Å². The van der Waals surface area contributed by atoms with E-state index in [4.69, 9.17) is 23.7 Å². The number of nitrogens with zero attached hydrogens (tertiary/aromatic N) is 1. The highest BCUT2D eigenvalue weighted by atomic mass is 16.6. The lowest BCUT2D eigenvalue weighted by Crippen LogP contribution is -2.61. The molecule has 0 aromatic carbocycles. The Kier molecular flexibility index (Phi) is 21.3. The number of ketones is 2. The zero-order chi connectivity index (χ0) is 48.2. The van der Waals surface area contributed by atoms with E-state index in [2.05, 4.69) is 0 Å². The molecule has 1 amide bonds. The normalized spacial score (nSPS) is 41.5. The van der Waals surface area contributed by atoms with Crippen molar-refractivity contribution in [2.75, 3.05) is 27.9 Å². The smallest absolute Gasteiger partial charge is 0.329 e. The standard InChI is InChI=1S/C51H81NO13/c1-30-16-12-11-13-17-31(2)42(61-8)28-38-21-19-36(7)51(60,65-38)48(57)49(58)52-23-15-14-18-39(52)50(59)64-43(33(4)26-37-20-22-40(53)44(27-37)62-9)29-41(54)32(3)25-35(6)46(56)47(63-10)45(55)34(5)24-30/h11-13,16-17,25,30,32-34,36-44,46-47,53-54,56,60H,14-15,18-24,26-29H2,1-10H3/b13-11+,16-12-,31-17+,35-25+/t30-,32+,33-,34+,36-,37+,38+,39+,40-,41?,42-,43+,44-,46-,47+,51-/m1/s1. The number of aliphatic hydroxyl groups is 4. The summed E-state index contributed by atoms with van der Waals surface area (Å²) < 4.78 is 29.5. The summed E-state index contributed by atoms with van der Waals surface area (Å²) >= 11 is 0. The molecular formula is C51H81NO13. The maximum absolute atomic E-state index is 14.4. The minimum absolute atomic E-state index is 0.0183. The van der Waals surface area contributed by atoms with Crippen molar-refractivity contribution in [2.24, 2.45) is 35.5 Å². The predicted octanol–water partition coefficient (Wildman–Crippen LogP) is 5.97. The Morgan fingerprint density at radius 2 is 1.54 bits per heavy atom. The van der Waals surface area contributed by atoms with Gasteiger partial charge in [0, 0.05) is 58.5 Å². The number of hydrogen-bond donors (Lipinski definition) is 4. The first kappa shape index (κ1) is 54.5. The van der Waals surface area contributed by atoms with Crippen LogP contribution >= 0.6 is 0 Å². The number of allylic oxidation sites excluding steroid dienone is 5. The minimum atomic E-state index is -2.42. The number of piperidine rings is 1. The van der Waals surface area contributed by atoms with Crippen LogP contribution in [0.25, 0.3) is 0 Å². The third kappa shape index (κ3) is 14.5. The van der Waals surface area contributed by atoms with Crippen molar-refractivity contribution in [3.63, 3.8) is 0 Å². The highest BCUT2D eigenvalue weighted by Gasteiger charge is 2.53. The Labute approximate surface area is 387 Å². The third-order valence-corrected chi connectivity index (χ3v) is 14.7. The Morgan fingerprint density at radius 3 is 2.22 bits per heavy atom. The molecule has 2 bridgehead atoms. The molecule has 3 aliphatic heterocycles. The van der Waals surface area contributed by atoms with Crippen molar-refractivity contribution in [2.45, 2.75) is 186 Å². The van der Waals surface area contributed by atoms with Crippen LogP contribution in [-0.2, 0) is 42.9 Å². The van der Waals surface area contributed by atoms with Gasteiger partial charge in [0.05, 0.1) is 30.5 Å². The van der Waals surface area contributed by atoms with Crippen LogP contribution in [0.2, 0.25) is 0 Å². The van der Waals surface area contributed by atoms with Gasteiger partial charge < -0.3 is 49.0 Å². The summed E-state index contributed by atoms with van der Waals surface area (Å²) in [5.74, 6) is -7.26. The molecule has 0 aromatic heterocycles. The quantitative estimate of drug-likeness (QED) is 0.138. The fourth-order valence-electron chi connectivity index (χ4n) is 10.3. The minimum Gasteiger partial charge on any atom is -0.460 e. The summed E-state index contributed by atoms with van der Waals surface area (Å²) in [6.45, 7) is 13.0. The third-order valence-electron chi connectivity index (χ3n) is 14.7. The molecule has 368 valence electrons. The first-order chi connectivity index (χ1) is 30.7. The molecule has 4 rings (SSSR count). The number of carbonyl (C=O) groups is 4. The zero-order valence-corrected chi connectivity index (χ0v) is 40.7. The molecule has 1 saturated carbocycles. The van der Waals surface area contributed by atoms with Crippen LogP contribution in [0.1, 0.15) is 126 Å². The van der Waals surface area contributed by atoms with E-state index in [0.717, 1.165) is 12.0 Å². The number of esters is 1. The van der Waals surface area contributed by atoms with E-state index >= 15 is 0 Å². The van der Waals surface area contributed by atoms with E-state index in [1.54, 1.807) is 41.1 Å². The largest absolute Gasteiger partial charge is 0.460 e. The molecule has 14 heteroatoms. The molecule has 0 spiro atoms. The molecule has 14 nitrogen and oxygen atoms in total. The SMILES string of the molecule is CO[C@@H]1C[C@@H]2CC[C@@H](C)[C@@](O)(O2)C(=O)C(=O)N2CCCC[C@H]2C(=O)O[C@H]([C@H](C)C[C@@H]2CC[C@@H](O)[C@H](OC)C2)CC(O)[C@@H](C)/C=C(\C)[C@@H](O)[C@@H](OC)C(=O)[C@@H](C)C[C@H](C)\C=C/C=C/C=C/1C. The Bertz CT molecular complexity index is 1710.